The van der Waals surface area contributed by atoms with Gasteiger partial charge in [-0.25, -0.2) is 0 Å². The molecule has 0 saturated heterocycles. The lowest BCUT2D eigenvalue weighted by Gasteiger charge is -1.71. The van der Waals surface area contributed by atoms with Crippen LogP contribution in [0.3, 0.4) is 0 Å². The summed E-state index contributed by atoms with van der Waals surface area (Å²) in [7, 11) is 0. The number of hydrogen-bond donors (Lipinski definition) is 7. The summed E-state index contributed by atoms with van der Waals surface area (Å²) in [4.78, 5) is 0. The van der Waals surface area contributed by atoms with Gasteiger partial charge in [0.15, 0.2) is 0 Å². The molecular weight excluding hydrogens is 124 g/mol. The van der Waals surface area contributed by atoms with Crippen LogP contribution in [0.1, 0.15) is 0 Å². The Morgan fingerprint density at radius 2 is 1.00 bits per heavy atom. The second kappa shape index (κ2) is 118. The number of hydrogen-bond acceptors (Lipinski definition) is 7. The first-order valence-corrected chi connectivity index (χ1v) is 1.22. The molecule has 0 amide bonds. The molecule has 0 atom stereocenters. The van der Waals surface area contributed by atoms with Gasteiger partial charge >= 0.3 is 0 Å². The van der Waals surface area contributed by atoms with Crippen LogP contribution in [-0.2, 0) is 0 Å². The molecule has 0 unspecified atom stereocenters. The van der Waals surface area contributed by atoms with Gasteiger partial charge in [-0.1, -0.05) is 0 Å². The molecule has 7 heteroatoms. The monoisotopic (exact) mass is 146 g/mol. The molecule has 0 bridgehead atoms. The molecular formula is C2H22N6O. The van der Waals surface area contributed by atoms with Crippen molar-refractivity contribution in [1.29, 1.82) is 0 Å². The van der Waals surface area contributed by atoms with Gasteiger partial charge in [0.2, 0.25) is 0 Å². The van der Waals surface area contributed by atoms with E-state index in [9.17, 15) is 0 Å². The van der Waals surface area contributed by atoms with Crippen molar-refractivity contribution in [2.75, 3.05) is 13.2 Å². The first kappa shape index (κ1) is 70.2. The molecule has 0 aliphatic carbocycles. The van der Waals surface area contributed by atoms with Crippen LogP contribution >= 0.6 is 0 Å². The van der Waals surface area contributed by atoms with Crippen molar-refractivity contribution in [3.63, 3.8) is 0 Å². The van der Waals surface area contributed by atoms with Crippen molar-refractivity contribution in [2.24, 2.45) is 5.73 Å². The van der Waals surface area contributed by atoms with Crippen molar-refractivity contribution >= 4 is 0 Å². The second-order valence-corrected chi connectivity index (χ2v) is 0.512. The zero-order valence-corrected chi connectivity index (χ0v) is 5.97. The van der Waals surface area contributed by atoms with Gasteiger partial charge in [-0.05, 0) is 0 Å². The molecule has 0 fully saturated rings. The van der Waals surface area contributed by atoms with E-state index in [0.717, 1.165) is 0 Å². The van der Waals surface area contributed by atoms with Crippen LogP contribution in [0.2, 0.25) is 0 Å². The Morgan fingerprint density at radius 3 is 1.00 bits per heavy atom. The number of aliphatic hydroxyl groups excluding tert-OH is 1. The fourth-order valence-electron chi connectivity index (χ4n) is 0. The van der Waals surface area contributed by atoms with Crippen LogP contribution in [0.15, 0.2) is 0 Å². The Balaban J connectivity index is -0.00000000450. The van der Waals surface area contributed by atoms with Crippen molar-refractivity contribution < 1.29 is 5.11 Å². The van der Waals surface area contributed by atoms with Gasteiger partial charge in [-0.3, -0.25) is 0 Å². The van der Waals surface area contributed by atoms with E-state index in [4.69, 9.17) is 10.8 Å². The average molecular weight is 146 g/mol. The number of aliphatic hydroxyl groups is 1. The Morgan fingerprint density at radius 1 is 0.889 bits per heavy atom. The third kappa shape index (κ3) is 487. The molecule has 18 N–H and O–H groups in total. The summed E-state index contributed by atoms with van der Waals surface area (Å²) in [5, 5.41) is 7.75. The average Bonchev–Trinajstić information content (AvgIpc) is 1.37. The maximum absolute atomic E-state index is 7.75. The molecule has 0 heterocycles. The smallest absolute Gasteiger partial charge is 0.0553 e. The van der Waals surface area contributed by atoms with Gasteiger partial charge in [0.25, 0.3) is 0 Å². The van der Waals surface area contributed by atoms with Gasteiger partial charge in [0.05, 0.1) is 6.61 Å². The Kier molecular flexibility index (Phi) is 920. The number of rotatable bonds is 1. The predicted molar refractivity (Wildman–Crippen MR) is 41.3 cm³/mol. The third-order valence-electron chi connectivity index (χ3n) is 0.129. The Labute approximate surface area is 55.9 Å². The summed E-state index contributed by atoms with van der Waals surface area (Å²) >= 11 is 0. The fraction of sp³-hybridized carbons (Fsp3) is 1.00. The van der Waals surface area contributed by atoms with E-state index in [2.05, 4.69) is 0 Å². The molecule has 0 aliphatic heterocycles. The van der Waals surface area contributed by atoms with E-state index < -0.39 is 0 Å². The third-order valence-corrected chi connectivity index (χ3v) is 0.129. The Bertz CT molecular complexity index is 13.0. The molecule has 66 valence electrons. The van der Waals surface area contributed by atoms with E-state index >= 15 is 0 Å². The highest BCUT2D eigenvalue weighted by molar-refractivity contribution is 4.17. The first-order valence-electron chi connectivity index (χ1n) is 1.22. The van der Waals surface area contributed by atoms with Crippen molar-refractivity contribution in [1.82, 2.24) is 30.8 Å². The molecule has 7 nitrogen and oxygen atoms in total. The van der Waals surface area contributed by atoms with Gasteiger partial charge in [0, 0.05) is 6.54 Å². The lowest BCUT2D eigenvalue weighted by Crippen LogP contribution is -2.02. The lowest BCUT2D eigenvalue weighted by atomic mass is 10.8. The van der Waals surface area contributed by atoms with E-state index in [1.54, 1.807) is 0 Å². The normalized spacial score (nSPS) is 3.33. The van der Waals surface area contributed by atoms with Crippen LogP contribution in [-0.4, -0.2) is 18.3 Å². The van der Waals surface area contributed by atoms with E-state index in [1.807, 2.05) is 0 Å². The molecule has 9 heavy (non-hydrogen) atoms. The van der Waals surface area contributed by atoms with E-state index in [0.29, 0.717) is 6.54 Å². The van der Waals surface area contributed by atoms with E-state index in [1.165, 1.54) is 0 Å². The van der Waals surface area contributed by atoms with Crippen LogP contribution in [0.4, 0.5) is 0 Å². The zero-order chi connectivity index (χ0) is 3.41. The topological polar surface area (TPSA) is 221 Å². The molecule has 0 aromatic carbocycles. The SMILES string of the molecule is N.N.N.N.N.NCCO. The first-order chi connectivity index (χ1) is 1.91. The van der Waals surface area contributed by atoms with Crippen LogP contribution < -0.4 is 36.5 Å². The van der Waals surface area contributed by atoms with Crippen molar-refractivity contribution in [3.8, 4) is 0 Å². The summed E-state index contributed by atoms with van der Waals surface area (Å²) in [5.74, 6) is 0. The van der Waals surface area contributed by atoms with E-state index in [-0.39, 0.29) is 37.4 Å². The van der Waals surface area contributed by atoms with Gasteiger partial charge in [-0.15, -0.1) is 0 Å². The second-order valence-electron chi connectivity index (χ2n) is 0.512. The van der Waals surface area contributed by atoms with Gasteiger partial charge in [-0.2, -0.15) is 0 Å². The predicted octanol–water partition coefficient (Wildman–Crippen LogP) is -0.253. The fourth-order valence-corrected chi connectivity index (χ4v) is 0. The largest absolute Gasteiger partial charge is 0.395 e. The summed E-state index contributed by atoms with van der Waals surface area (Å²) in [6, 6.07) is 0. The van der Waals surface area contributed by atoms with Crippen molar-refractivity contribution in [2.45, 2.75) is 0 Å². The minimum Gasteiger partial charge on any atom is -0.395 e. The lowest BCUT2D eigenvalue weighted by molar-refractivity contribution is 0.306. The van der Waals surface area contributed by atoms with Gasteiger partial charge < -0.3 is 41.6 Å². The molecule has 0 aliphatic rings. The Hall–Kier alpha value is -0.280. The highest BCUT2D eigenvalue weighted by Crippen LogP contribution is 1.33. The zero-order valence-electron chi connectivity index (χ0n) is 5.97. The maximum Gasteiger partial charge on any atom is 0.0553 e. The summed E-state index contributed by atoms with van der Waals surface area (Å²) in [5.41, 5.74) is 4.78. The maximum atomic E-state index is 7.75. The summed E-state index contributed by atoms with van der Waals surface area (Å²) in [6.07, 6.45) is 0. The van der Waals surface area contributed by atoms with Crippen LogP contribution in [0, 0.1) is 0 Å². The minimum absolute atomic E-state index is 0. The minimum atomic E-state index is 0. The molecule has 0 spiro atoms. The van der Waals surface area contributed by atoms with Crippen molar-refractivity contribution in [3.05, 3.63) is 0 Å². The molecule has 0 radical (unpaired) electrons. The number of nitrogens with two attached hydrogens (primary N) is 1. The van der Waals surface area contributed by atoms with Crippen LogP contribution in [0.5, 0.6) is 0 Å². The molecule has 0 rings (SSSR count). The highest BCUT2D eigenvalue weighted by atomic mass is 16.3. The standard InChI is InChI=1S/C2H7NO.5H3N/c3-1-2-4;;;;;/h4H,1-3H2;5*1H3. The molecule has 0 saturated carbocycles. The summed E-state index contributed by atoms with van der Waals surface area (Å²) in [6.45, 7) is 0.472. The quantitative estimate of drug-likeness (QED) is 0.262. The molecule has 0 aromatic rings. The van der Waals surface area contributed by atoms with Gasteiger partial charge in [0.1, 0.15) is 0 Å². The molecule has 0 aromatic heterocycles. The summed E-state index contributed by atoms with van der Waals surface area (Å²) < 4.78 is 0. The van der Waals surface area contributed by atoms with Crippen LogP contribution in [0.25, 0.3) is 0 Å². The highest BCUT2D eigenvalue weighted by Gasteiger charge is 1.56.